The van der Waals surface area contributed by atoms with E-state index < -0.39 is 0 Å². The highest BCUT2D eigenvalue weighted by Gasteiger charge is 2.34. The summed E-state index contributed by atoms with van der Waals surface area (Å²) in [7, 11) is 0. The van der Waals surface area contributed by atoms with Gasteiger partial charge in [-0.05, 0) is 32.9 Å². The van der Waals surface area contributed by atoms with Crippen molar-refractivity contribution < 1.29 is 0 Å². The van der Waals surface area contributed by atoms with Crippen LogP contribution < -0.4 is 10.6 Å². The van der Waals surface area contributed by atoms with Gasteiger partial charge in [-0.2, -0.15) is 0 Å². The molecule has 0 bridgehead atoms. The Balaban J connectivity index is 1.99. The largest absolute Gasteiger partial charge is 0.347 e. The zero-order chi connectivity index (χ0) is 12.3. The lowest BCUT2D eigenvalue weighted by molar-refractivity contribution is 0.462. The number of anilines is 1. The maximum absolute atomic E-state index is 4.11. The summed E-state index contributed by atoms with van der Waals surface area (Å²) in [6.07, 6.45) is 7.72. The van der Waals surface area contributed by atoms with Crippen LogP contribution in [0.15, 0.2) is 12.7 Å². The molecule has 0 radical (unpaired) electrons. The summed E-state index contributed by atoms with van der Waals surface area (Å²) >= 11 is 1.82. The standard InChI is InChI=1S/C11H19N5S/c1-11(2,9(17-3)15-8-4-5-8)16-10-13-6-12-7-14-10/h6-9,15H,4-5H2,1-3H3,(H,12,13,14,16). The zero-order valence-corrected chi connectivity index (χ0v) is 11.3. The van der Waals surface area contributed by atoms with Crippen LogP contribution in [0.1, 0.15) is 26.7 Å². The van der Waals surface area contributed by atoms with Gasteiger partial charge in [-0.3, -0.25) is 0 Å². The molecule has 0 aliphatic heterocycles. The Hall–Kier alpha value is -0.880. The van der Waals surface area contributed by atoms with Crippen molar-refractivity contribution in [2.75, 3.05) is 11.6 Å². The van der Waals surface area contributed by atoms with Crippen LogP contribution in [0.4, 0.5) is 5.95 Å². The van der Waals surface area contributed by atoms with Crippen LogP contribution in [-0.4, -0.2) is 38.2 Å². The third-order valence-corrected chi connectivity index (χ3v) is 3.98. The quantitative estimate of drug-likeness (QED) is 0.749. The highest BCUT2D eigenvalue weighted by molar-refractivity contribution is 7.99. The fraction of sp³-hybridized carbons (Fsp3) is 0.727. The van der Waals surface area contributed by atoms with E-state index in [4.69, 9.17) is 0 Å². The van der Waals surface area contributed by atoms with Crippen LogP contribution in [0.3, 0.4) is 0 Å². The number of rotatable bonds is 6. The van der Waals surface area contributed by atoms with E-state index in [1.165, 1.54) is 25.5 Å². The normalized spacial score (nSPS) is 17.8. The number of nitrogens with one attached hydrogen (secondary N) is 2. The maximum Gasteiger partial charge on any atom is 0.226 e. The van der Waals surface area contributed by atoms with Crippen molar-refractivity contribution in [2.24, 2.45) is 0 Å². The Morgan fingerprint density at radius 3 is 2.53 bits per heavy atom. The van der Waals surface area contributed by atoms with Crippen LogP contribution >= 0.6 is 11.8 Å². The minimum Gasteiger partial charge on any atom is -0.347 e. The highest BCUT2D eigenvalue weighted by atomic mass is 32.2. The molecular formula is C11H19N5S. The average molecular weight is 253 g/mol. The summed E-state index contributed by atoms with van der Waals surface area (Å²) in [6.45, 7) is 4.32. The van der Waals surface area contributed by atoms with Gasteiger partial charge in [0.05, 0.1) is 10.9 Å². The summed E-state index contributed by atoms with van der Waals surface area (Å²) in [6, 6.07) is 0.687. The van der Waals surface area contributed by atoms with Crippen molar-refractivity contribution in [1.29, 1.82) is 0 Å². The summed E-state index contributed by atoms with van der Waals surface area (Å²) in [5.41, 5.74) is -0.108. The molecule has 1 atom stereocenters. The van der Waals surface area contributed by atoms with Gasteiger partial charge in [-0.15, -0.1) is 11.8 Å². The molecule has 0 aromatic carbocycles. The smallest absolute Gasteiger partial charge is 0.226 e. The maximum atomic E-state index is 4.11. The molecule has 5 nitrogen and oxygen atoms in total. The van der Waals surface area contributed by atoms with Gasteiger partial charge < -0.3 is 10.6 Å². The monoisotopic (exact) mass is 253 g/mol. The van der Waals surface area contributed by atoms with Gasteiger partial charge in [-0.25, -0.2) is 15.0 Å². The van der Waals surface area contributed by atoms with Crippen LogP contribution in [0, 0.1) is 0 Å². The Labute approximate surface area is 106 Å². The van der Waals surface area contributed by atoms with Gasteiger partial charge in [-0.1, -0.05) is 0 Å². The van der Waals surface area contributed by atoms with Gasteiger partial charge >= 0.3 is 0 Å². The Morgan fingerprint density at radius 1 is 1.35 bits per heavy atom. The van der Waals surface area contributed by atoms with Gasteiger partial charge in [0.1, 0.15) is 12.7 Å². The first-order valence-corrected chi connectivity index (χ1v) is 7.09. The van der Waals surface area contributed by atoms with E-state index in [0.29, 0.717) is 17.4 Å². The topological polar surface area (TPSA) is 62.7 Å². The van der Waals surface area contributed by atoms with Gasteiger partial charge in [0.25, 0.3) is 0 Å². The second kappa shape index (κ2) is 5.18. The molecule has 1 aliphatic carbocycles. The van der Waals surface area contributed by atoms with E-state index in [9.17, 15) is 0 Å². The van der Waals surface area contributed by atoms with Gasteiger partial charge in [0, 0.05) is 6.04 Å². The molecular weight excluding hydrogens is 234 g/mol. The molecule has 2 N–H and O–H groups in total. The fourth-order valence-corrected chi connectivity index (χ4v) is 2.67. The van der Waals surface area contributed by atoms with E-state index in [1.54, 1.807) is 0 Å². The molecule has 1 aromatic rings. The Morgan fingerprint density at radius 2 is 2.00 bits per heavy atom. The molecule has 94 valence electrons. The first-order valence-electron chi connectivity index (χ1n) is 5.81. The number of aromatic nitrogens is 3. The molecule has 0 amide bonds. The summed E-state index contributed by atoms with van der Waals surface area (Å²) in [5, 5.41) is 7.33. The van der Waals surface area contributed by atoms with E-state index >= 15 is 0 Å². The lowest BCUT2D eigenvalue weighted by Gasteiger charge is -2.34. The minimum absolute atomic E-state index is 0.108. The summed E-state index contributed by atoms with van der Waals surface area (Å²) in [5.74, 6) is 0.627. The van der Waals surface area contributed by atoms with Crippen molar-refractivity contribution in [1.82, 2.24) is 20.3 Å². The Kier molecular flexibility index (Phi) is 3.83. The van der Waals surface area contributed by atoms with E-state index in [0.717, 1.165) is 0 Å². The van der Waals surface area contributed by atoms with Crippen LogP contribution in [0.25, 0.3) is 0 Å². The summed E-state index contributed by atoms with van der Waals surface area (Å²) < 4.78 is 0. The summed E-state index contributed by atoms with van der Waals surface area (Å²) in [4.78, 5) is 12.0. The van der Waals surface area contributed by atoms with E-state index in [-0.39, 0.29) is 5.54 Å². The Bertz CT molecular complexity index is 352. The number of nitrogens with zero attached hydrogens (tertiary/aromatic N) is 3. The highest BCUT2D eigenvalue weighted by Crippen LogP contribution is 2.27. The fourth-order valence-electron chi connectivity index (χ4n) is 1.69. The van der Waals surface area contributed by atoms with Crippen molar-refractivity contribution >= 4 is 17.7 Å². The first-order chi connectivity index (χ1) is 8.12. The predicted octanol–water partition coefficient (Wildman–Crippen LogP) is 1.50. The van der Waals surface area contributed by atoms with Crippen LogP contribution in [-0.2, 0) is 0 Å². The molecule has 0 saturated heterocycles. The number of thioether (sulfide) groups is 1. The second-order valence-electron chi connectivity index (χ2n) is 4.87. The van der Waals surface area contributed by atoms with Crippen LogP contribution in [0.5, 0.6) is 0 Å². The SMILES string of the molecule is CSC(NC1CC1)C(C)(C)Nc1ncncn1. The average Bonchev–Trinajstić information content (AvgIpc) is 3.10. The molecule has 0 spiro atoms. The van der Waals surface area contributed by atoms with Gasteiger partial charge in [0.15, 0.2) is 0 Å². The van der Waals surface area contributed by atoms with E-state index in [2.05, 4.69) is 45.7 Å². The molecule has 17 heavy (non-hydrogen) atoms. The first kappa shape index (κ1) is 12.6. The van der Waals surface area contributed by atoms with Crippen molar-refractivity contribution in [2.45, 2.75) is 43.6 Å². The molecule has 1 aromatic heterocycles. The number of hydrogen-bond donors (Lipinski definition) is 2. The third kappa shape index (κ3) is 3.54. The minimum atomic E-state index is -0.108. The molecule has 1 aliphatic rings. The third-order valence-electron chi connectivity index (χ3n) is 2.78. The van der Waals surface area contributed by atoms with Crippen LogP contribution in [0.2, 0.25) is 0 Å². The predicted molar refractivity (Wildman–Crippen MR) is 71.0 cm³/mol. The molecule has 1 heterocycles. The molecule has 1 unspecified atom stereocenters. The lowest BCUT2D eigenvalue weighted by atomic mass is 10.1. The van der Waals surface area contributed by atoms with Crippen molar-refractivity contribution in [3.05, 3.63) is 12.7 Å². The zero-order valence-electron chi connectivity index (χ0n) is 10.5. The van der Waals surface area contributed by atoms with Gasteiger partial charge in [0.2, 0.25) is 5.95 Å². The van der Waals surface area contributed by atoms with Crippen molar-refractivity contribution in [3.63, 3.8) is 0 Å². The molecule has 2 rings (SSSR count). The van der Waals surface area contributed by atoms with Crippen molar-refractivity contribution in [3.8, 4) is 0 Å². The molecule has 1 saturated carbocycles. The molecule has 1 fully saturated rings. The number of hydrogen-bond acceptors (Lipinski definition) is 6. The van der Waals surface area contributed by atoms with E-state index in [1.807, 2.05) is 11.8 Å². The second-order valence-corrected chi connectivity index (χ2v) is 5.81. The molecule has 6 heteroatoms. The lowest BCUT2D eigenvalue weighted by Crippen LogP contribution is -2.50.